The van der Waals surface area contributed by atoms with E-state index in [-0.39, 0.29) is 0 Å². The van der Waals surface area contributed by atoms with E-state index in [9.17, 15) is 0 Å². The summed E-state index contributed by atoms with van der Waals surface area (Å²) in [5, 5.41) is 14.4. The molecule has 3 N–H and O–H groups in total. The quantitative estimate of drug-likeness (QED) is 0.749. The van der Waals surface area contributed by atoms with Gasteiger partial charge in [-0.15, -0.1) is 10.2 Å². The van der Waals surface area contributed by atoms with E-state index in [0.29, 0.717) is 5.92 Å². The van der Waals surface area contributed by atoms with Gasteiger partial charge in [0.15, 0.2) is 5.82 Å². The molecule has 0 unspecified atom stereocenters. The van der Waals surface area contributed by atoms with Crippen LogP contribution in [-0.2, 0) is 0 Å². The predicted molar refractivity (Wildman–Crippen MR) is 93.7 cm³/mol. The van der Waals surface area contributed by atoms with Crippen molar-refractivity contribution in [3.63, 3.8) is 0 Å². The fourth-order valence-electron chi connectivity index (χ4n) is 2.96. The fourth-order valence-corrected chi connectivity index (χ4v) is 2.96. The van der Waals surface area contributed by atoms with Gasteiger partial charge in [0, 0.05) is 12.5 Å². The van der Waals surface area contributed by atoms with E-state index >= 15 is 0 Å². The Labute approximate surface area is 136 Å². The summed E-state index contributed by atoms with van der Waals surface area (Å²) in [6.45, 7) is 5.94. The lowest BCUT2D eigenvalue weighted by Gasteiger charge is -2.11. The zero-order valence-electron chi connectivity index (χ0n) is 14.0. The molecule has 2 aromatic rings. The number of hydrogen-bond donors (Lipinski definition) is 2. The summed E-state index contributed by atoms with van der Waals surface area (Å²) in [6, 6.07) is 0. The normalized spacial score (nSPS) is 13.7. The maximum absolute atomic E-state index is 5.54. The fraction of sp³-hybridized carbons (Fsp3) is 0.588. The molecule has 6 heteroatoms. The third-order valence-electron chi connectivity index (χ3n) is 4.17. The smallest absolute Gasteiger partial charge is 0.204 e. The van der Waals surface area contributed by atoms with Crippen LogP contribution in [0, 0.1) is 0 Å². The van der Waals surface area contributed by atoms with Crippen molar-refractivity contribution in [1.82, 2.24) is 19.6 Å². The van der Waals surface area contributed by atoms with Gasteiger partial charge >= 0.3 is 0 Å². The second kappa shape index (κ2) is 7.08. The van der Waals surface area contributed by atoms with Crippen molar-refractivity contribution in [3.05, 3.63) is 16.5 Å². The molecule has 0 saturated carbocycles. The van der Waals surface area contributed by atoms with Crippen molar-refractivity contribution in [2.45, 2.75) is 51.9 Å². The molecule has 0 amide bonds. The van der Waals surface area contributed by atoms with Crippen LogP contribution in [0.1, 0.15) is 57.7 Å². The van der Waals surface area contributed by atoms with E-state index in [2.05, 4.69) is 45.9 Å². The molecule has 0 saturated heterocycles. The highest BCUT2D eigenvalue weighted by molar-refractivity contribution is 5.63. The molecule has 1 aliphatic rings. The van der Waals surface area contributed by atoms with Gasteiger partial charge in [-0.1, -0.05) is 32.4 Å². The molecular formula is C17H26N6. The molecule has 0 aliphatic heterocycles. The second-order valence-electron chi connectivity index (χ2n) is 6.36. The summed E-state index contributed by atoms with van der Waals surface area (Å²) >= 11 is 0. The molecule has 0 aromatic carbocycles. The van der Waals surface area contributed by atoms with Crippen LogP contribution in [-0.4, -0.2) is 32.7 Å². The minimum Gasteiger partial charge on any atom is -0.367 e. The van der Waals surface area contributed by atoms with Crippen LogP contribution in [0.4, 0.5) is 5.82 Å². The van der Waals surface area contributed by atoms with Gasteiger partial charge in [0.05, 0.1) is 10.7 Å². The molecular weight excluding hydrogens is 288 g/mol. The van der Waals surface area contributed by atoms with Crippen LogP contribution in [0.25, 0.3) is 17.8 Å². The van der Waals surface area contributed by atoms with Gasteiger partial charge in [0.2, 0.25) is 5.65 Å². The second-order valence-corrected chi connectivity index (χ2v) is 6.36. The first-order valence-corrected chi connectivity index (χ1v) is 8.61. The standard InChI is InChI=1S/C17H26N6/c1-12(2)16-21-22-17-15(19-11-7-3-6-10-18)20-13-8-4-5-9-14(13)23(16)17/h8-9,12H,3-7,10-11,18H2,1-2H3,(H,19,20). The van der Waals surface area contributed by atoms with Crippen molar-refractivity contribution in [3.8, 4) is 0 Å². The monoisotopic (exact) mass is 314 g/mol. The lowest BCUT2D eigenvalue weighted by molar-refractivity contribution is 0.705. The van der Waals surface area contributed by atoms with Crippen molar-refractivity contribution in [1.29, 1.82) is 0 Å². The van der Waals surface area contributed by atoms with Crippen LogP contribution >= 0.6 is 0 Å². The molecule has 0 bridgehead atoms. The van der Waals surface area contributed by atoms with E-state index in [1.807, 2.05) is 0 Å². The molecule has 124 valence electrons. The summed E-state index contributed by atoms with van der Waals surface area (Å²) in [4.78, 5) is 4.79. The molecule has 1 aliphatic carbocycles. The first-order chi connectivity index (χ1) is 11.2. The Morgan fingerprint density at radius 2 is 2.00 bits per heavy atom. The van der Waals surface area contributed by atoms with Crippen molar-refractivity contribution < 1.29 is 0 Å². The van der Waals surface area contributed by atoms with Gasteiger partial charge in [-0.2, -0.15) is 0 Å². The molecule has 0 spiro atoms. The van der Waals surface area contributed by atoms with Gasteiger partial charge in [-0.3, -0.25) is 4.40 Å². The maximum atomic E-state index is 5.54. The van der Waals surface area contributed by atoms with E-state index < -0.39 is 0 Å². The van der Waals surface area contributed by atoms with Crippen LogP contribution in [0.5, 0.6) is 0 Å². The number of anilines is 1. The number of unbranched alkanes of at least 4 members (excludes halogenated alkanes) is 2. The van der Waals surface area contributed by atoms with Crippen LogP contribution in [0.3, 0.4) is 0 Å². The Morgan fingerprint density at radius 1 is 1.17 bits per heavy atom. The highest BCUT2D eigenvalue weighted by atomic mass is 15.3. The van der Waals surface area contributed by atoms with Gasteiger partial charge < -0.3 is 11.1 Å². The molecule has 0 atom stereocenters. The molecule has 2 heterocycles. The molecule has 0 fully saturated rings. The Morgan fingerprint density at radius 3 is 2.78 bits per heavy atom. The van der Waals surface area contributed by atoms with Crippen LogP contribution in [0.15, 0.2) is 0 Å². The van der Waals surface area contributed by atoms with Crippen LogP contribution < -0.4 is 21.7 Å². The largest absolute Gasteiger partial charge is 0.367 e. The highest BCUT2D eigenvalue weighted by Crippen LogP contribution is 2.15. The highest BCUT2D eigenvalue weighted by Gasteiger charge is 2.16. The Hall–Kier alpha value is -1.95. The number of hydrogen-bond acceptors (Lipinski definition) is 5. The van der Waals surface area contributed by atoms with E-state index in [0.717, 1.165) is 73.2 Å². The zero-order valence-corrected chi connectivity index (χ0v) is 14.0. The minimum atomic E-state index is 0.323. The van der Waals surface area contributed by atoms with Gasteiger partial charge in [0.25, 0.3) is 0 Å². The number of nitrogens with zero attached hydrogens (tertiary/aromatic N) is 4. The number of fused-ring (bicyclic) bond motifs is 3. The number of rotatable bonds is 7. The van der Waals surface area contributed by atoms with E-state index in [1.165, 1.54) is 0 Å². The summed E-state index contributed by atoms with van der Waals surface area (Å²) < 4.78 is 2.17. The van der Waals surface area contributed by atoms with E-state index in [4.69, 9.17) is 10.7 Å². The predicted octanol–water partition coefficient (Wildman–Crippen LogP) is 1.14. The summed E-state index contributed by atoms with van der Waals surface area (Å²) in [5.41, 5.74) is 6.37. The van der Waals surface area contributed by atoms with Gasteiger partial charge in [-0.05, 0) is 32.2 Å². The summed E-state index contributed by atoms with van der Waals surface area (Å²) in [5.74, 6) is 2.16. The van der Waals surface area contributed by atoms with Gasteiger partial charge in [0.1, 0.15) is 5.82 Å². The molecule has 0 radical (unpaired) electrons. The van der Waals surface area contributed by atoms with Gasteiger partial charge in [-0.25, -0.2) is 4.98 Å². The Kier molecular flexibility index (Phi) is 4.91. The molecule has 6 nitrogen and oxygen atoms in total. The third kappa shape index (κ3) is 3.22. The average molecular weight is 314 g/mol. The first-order valence-electron chi connectivity index (χ1n) is 8.61. The number of aromatic nitrogens is 4. The number of nitrogens with two attached hydrogens (primary N) is 1. The van der Waals surface area contributed by atoms with Crippen molar-refractivity contribution >= 4 is 23.6 Å². The van der Waals surface area contributed by atoms with E-state index in [1.54, 1.807) is 0 Å². The van der Waals surface area contributed by atoms with Crippen molar-refractivity contribution in [2.24, 2.45) is 5.73 Å². The Balaban J connectivity index is 1.99. The molecule has 23 heavy (non-hydrogen) atoms. The lowest BCUT2D eigenvalue weighted by Crippen LogP contribution is -2.38. The molecule has 2 aromatic heterocycles. The maximum Gasteiger partial charge on any atom is 0.204 e. The van der Waals surface area contributed by atoms with Crippen molar-refractivity contribution in [2.75, 3.05) is 18.4 Å². The first kappa shape index (κ1) is 15.9. The summed E-state index contributed by atoms with van der Waals surface area (Å²) in [7, 11) is 0. The third-order valence-corrected chi connectivity index (χ3v) is 4.17. The average Bonchev–Trinajstić information content (AvgIpc) is 3.00. The topological polar surface area (TPSA) is 81.1 Å². The summed E-state index contributed by atoms with van der Waals surface area (Å²) in [6.07, 6.45) is 9.83. The lowest BCUT2D eigenvalue weighted by atomic mass is 10.2. The SMILES string of the molecule is CC(C)c1nnc2c(NCCCCCN)nc3c(n12)=CCCC=3. The minimum absolute atomic E-state index is 0.323. The van der Waals surface area contributed by atoms with Crippen LogP contribution in [0.2, 0.25) is 0 Å². The number of nitrogens with one attached hydrogen (secondary N) is 1. The Bertz CT molecular complexity index is 789. The zero-order chi connectivity index (χ0) is 16.2. The molecule has 3 rings (SSSR count).